The van der Waals surface area contributed by atoms with Crippen LogP contribution in [0.2, 0.25) is 0 Å². The summed E-state index contributed by atoms with van der Waals surface area (Å²) in [6.07, 6.45) is 0.838. The second-order valence-electron chi connectivity index (χ2n) is 6.47. The standard InChI is InChI=1S/C17H25N5O2/c1-11(2)8-14-10-15(21(5)20-14)16(23)18-6-7-22-13(4)9-12(3)19-17(22)24/h9-11H,6-8H2,1-5H3,(H,18,23). The van der Waals surface area contributed by atoms with Crippen molar-refractivity contribution < 1.29 is 4.79 Å². The number of carbonyl (C=O) groups is 1. The predicted octanol–water partition coefficient (Wildman–Crippen LogP) is 1.22. The summed E-state index contributed by atoms with van der Waals surface area (Å²) >= 11 is 0. The van der Waals surface area contributed by atoms with E-state index in [1.54, 1.807) is 23.2 Å². The molecule has 0 spiro atoms. The van der Waals surface area contributed by atoms with Crippen LogP contribution in [-0.4, -0.2) is 31.8 Å². The summed E-state index contributed by atoms with van der Waals surface area (Å²) in [5.41, 5.74) is 2.68. The molecule has 2 aromatic rings. The monoisotopic (exact) mass is 331 g/mol. The van der Waals surface area contributed by atoms with E-state index in [2.05, 4.69) is 29.2 Å². The Balaban J connectivity index is 1.99. The van der Waals surface area contributed by atoms with Crippen LogP contribution in [0.4, 0.5) is 0 Å². The van der Waals surface area contributed by atoms with Crippen LogP contribution in [0.5, 0.6) is 0 Å². The van der Waals surface area contributed by atoms with Crippen LogP contribution in [0, 0.1) is 19.8 Å². The van der Waals surface area contributed by atoms with Crippen LogP contribution in [-0.2, 0) is 20.0 Å². The Morgan fingerprint density at radius 1 is 1.29 bits per heavy atom. The number of hydrogen-bond donors (Lipinski definition) is 1. The number of nitrogens with zero attached hydrogens (tertiary/aromatic N) is 4. The van der Waals surface area contributed by atoms with Crippen molar-refractivity contribution in [1.82, 2.24) is 24.6 Å². The largest absolute Gasteiger partial charge is 0.349 e. The van der Waals surface area contributed by atoms with E-state index in [1.165, 1.54) is 0 Å². The molecule has 130 valence electrons. The van der Waals surface area contributed by atoms with Crippen molar-refractivity contribution in [3.05, 3.63) is 45.4 Å². The van der Waals surface area contributed by atoms with E-state index in [0.717, 1.165) is 17.8 Å². The minimum absolute atomic E-state index is 0.189. The first-order chi connectivity index (χ1) is 11.3. The number of aryl methyl sites for hydroxylation is 3. The summed E-state index contributed by atoms with van der Waals surface area (Å²) in [4.78, 5) is 28.1. The van der Waals surface area contributed by atoms with E-state index in [-0.39, 0.29) is 11.6 Å². The maximum atomic E-state index is 12.3. The Bertz CT molecular complexity index is 789. The van der Waals surface area contributed by atoms with Gasteiger partial charge in [0.25, 0.3) is 5.91 Å². The van der Waals surface area contributed by atoms with Gasteiger partial charge in [0.1, 0.15) is 5.69 Å². The van der Waals surface area contributed by atoms with Gasteiger partial charge in [-0.05, 0) is 38.3 Å². The van der Waals surface area contributed by atoms with Gasteiger partial charge < -0.3 is 5.32 Å². The van der Waals surface area contributed by atoms with Gasteiger partial charge in [0, 0.05) is 31.5 Å². The second-order valence-corrected chi connectivity index (χ2v) is 6.47. The summed E-state index contributed by atoms with van der Waals surface area (Å²) in [5.74, 6) is 0.297. The van der Waals surface area contributed by atoms with Gasteiger partial charge in [-0.3, -0.25) is 14.0 Å². The molecule has 1 amide bonds. The van der Waals surface area contributed by atoms with Crippen molar-refractivity contribution >= 4 is 5.91 Å². The van der Waals surface area contributed by atoms with E-state index >= 15 is 0 Å². The number of aromatic nitrogens is 4. The van der Waals surface area contributed by atoms with E-state index in [1.807, 2.05) is 19.1 Å². The molecule has 7 heteroatoms. The normalized spacial score (nSPS) is 11.1. The molecular formula is C17H25N5O2. The van der Waals surface area contributed by atoms with Gasteiger partial charge in [0.15, 0.2) is 0 Å². The van der Waals surface area contributed by atoms with Crippen LogP contribution in [0.1, 0.15) is 41.4 Å². The third-order valence-corrected chi connectivity index (χ3v) is 3.75. The maximum Gasteiger partial charge on any atom is 0.348 e. The Hall–Kier alpha value is -2.44. The van der Waals surface area contributed by atoms with Crippen LogP contribution in [0.25, 0.3) is 0 Å². The van der Waals surface area contributed by atoms with E-state index in [0.29, 0.717) is 30.4 Å². The lowest BCUT2D eigenvalue weighted by Gasteiger charge is -2.10. The Kier molecular flexibility index (Phi) is 5.54. The van der Waals surface area contributed by atoms with Crippen LogP contribution in [0.3, 0.4) is 0 Å². The van der Waals surface area contributed by atoms with Gasteiger partial charge in [0.2, 0.25) is 0 Å². The average molecular weight is 331 g/mol. The van der Waals surface area contributed by atoms with Gasteiger partial charge >= 0.3 is 5.69 Å². The number of carbonyl (C=O) groups excluding carboxylic acids is 1. The highest BCUT2D eigenvalue weighted by Gasteiger charge is 2.14. The van der Waals surface area contributed by atoms with Crippen molar-refractivity contribution in [2.45, 2.75) is 40.7 Å². The third kappa shape index (κ3) is 4.31. The predicted molar refractivity (Wildman–Crippen MR) is 92.1 cm³/mol. The molecule has 0 saturated carbocycles. The van der Waals surface area contributed by atoms with E-state index < -0.39 is 0 Å². The van der Waals surface area contributed by atoms with Crippen molar-refractivity contribution in [3.63, 3.8) is 0 Å². The SMILES string of the molecule is Cc1cc(C)n(CCNC(=O)c2cc(CC(C)C)nn2C)c(=O)n1. The maximum absolute atomic E-state index is 12.3. The van der Waals surface area contributed by atoms with Gasteiger partial charge in [-0.25, -0.2) is 4.79 Å². The highest BCUT2D eigenvalue weighted by Crippen LogP contribution is 2.08. The molecule has 0 aromatic carbocycles. The van der Waals surface area contributed by atoms with Gasteiger partial charge in [-0.15, -0.1) is 0 Å². The Morgan fingerprint density at radius 2 is 2.00 bits per heavy atom. The lowest BCUT2D eigenvalue weighted by atomic mass is 10.1. The first-order valence-corrected chi connectivity index (χ1v) is 8.14. The summed E-state index contributed by atoms with van der Waals surface area (Å²) in [6.45, 7) is 8.62. The Morgan fingerprint density at radius 3 is 2.62 bits per heavy atom. The molecule has 0 aliphatic heterocycles. The molecular weight excluding hydrogens is 306 g/mol. The van der Waals surface area contributed by atoms with Crippen LogP contribution >= 0.6 is 0 Å². The first kappa shape index (κ1) is 17.9. The number of rotatable bonds is 6. The molecule has 7 nitrogen and oxygen atoms in total. The number of nitrogens with one attached hydrogen (secondary N) is 1. The molecule has 24 heavy (non-hydrogen) atoms. The molecule has 0 unspecified atom stereocenters. The third-order valence-electron chi connectivity index (χ3n) is 3.75. The zero-order chi connectivity index (χ0) is 17.9. The summed E-state index contributed by atoms with van der Waals surface area (Å²) in [5, 5.41) is 7.20. The summed E-state index contributed by atoms with van der Waals surface area (Å²) < 4.78 is 3.15. The highest BCUT2D eigenvalue weighted by molar-refractivity contribution is 5.92. The molecule has 2 aromatic heterocycles. The van der Waals surface area contributed by atoms with Gasteiger partial charge in [-0.1, -0.05) is 13.8 Å². The zero-order valence-electron chi connectivity index (χ0n) is 15.0. The fourth-order valence-corrected chi connectivity index (χ4v) is 2.68. The fraction of sp³-hybridized carbons (Fsp3) is 0.529. The zero-order valence-corrected chi connectivity index (χ0v) is 15.0. The van der Waals surface area contributed by atoms with Crippen molar-refractivity contribution in [2.75, 3.05) is 6.54 Å². The van der Waals surface area contributed by atoms with Crippen molar-refractivity contribution in [3.8, 4) is 0 Å². The molecule has 2 rings (SSSR count). The molecule has 1 N–H and O–H groups in total. The number of amides is 1. The molecule has 0 atom stereocenters. The van der Waals surface area contributed by atoms with Gasteiger partial charge in [0.05, 0.1) is 5.69 Å². The van der Waals surface area contributed by atoms with Crippen LogP contribution in [0.15, 0.2) is 16.9 Å². The molecule has 0 bridgehead atoms. The quantitative estimate of drug-likeness (QED) is 0.863. The average Bonchev–Trinajstić information content (AvgIpc) is 2.81. The summed E-state index contributed by atoms with van der Waals surface area (Å²) in [6, 6.07) is 3.67. The minimum atomic E-state index is -0.290. The first-order valence-electron chi connectivity index (χ1n) is 8.14. The molecule has 2 heterocycles. The van der Waals surface area contributed by atoms with Crippen LogP contribution < -0.4 is 11.0 Å². The number of hydrogen-bond acceptors (Lipinski definition) is 4. The molecule has 0 aliphatic rings. The topological polar surface area (TPSA) is 81.8 Å². The molecule has 0 aliphatic carbocycles. The smallest absolute Gasteiger partial charge is 0.348 e. The van der Waals surface area contributed by atoms with Crippen molar-refractivity contribution in [1.29, 1.82) is 0 Å². The van der Waals surface area contributed by atoms with E-state index in [4.69, 9.17) is 0 Å². The van der Waals surface area contributed by atoms with E-state index in [9.17, 15) is 9.59 Å². The highest BCUT2D eigenvalue weighted by atomic mass is 16.2. The van der Waals surface area contributed by atoms with Gasteiger partial charge in [-0.2, -0.15) is 10.1 Å². The Labute approximate surface area is 141 Å². The minimum Gasteiger partial charge on any atom is -0.349 e. The summed E-state index contributed by atoms with van der Waals surface area (Å²) in [7, 11) is 1.76. The lowest BCUT2D eigenvalue weighted by Crippen LogP contribution is -2.33. The fourth-order valence-electron chi connectivity index (χ4n) is 2.68. The molecule has 0 radical (unpaired) electrons. The lowest BCUT2D eigenvalue weighted by molar-refractivity contribution is 0.0942. The second kappa shape index (κ2) is 7.42. The molecule has 0 fully saturated rings. The van der Waals surface area contributed by atoms with Crippen molar-refractivity contribution in [2.24, 2.45) is 13.0 Å². The molecule has 0 saturated heterocycles.